The van der Waals surface area contributed by atoms with Crippen LogP contribution in [0, 0.1) is 10.1 Å². The number of pyridine rings is 1. The van der Waals surface area contributed by atoms with Gasteiger partial charge in [-0.3, -0.25) is 15.1 Å². The molecule has 0 aliphatic rings. The fourth-order valence-electron chi connectivity index (χ4n) is 1.28. The van der Waals surface area contributed by atoms with Crippen LogP contribution in [0.1, 0.15) is 0 Å². The number of ether oxygens (including phenoxy) is 1. The van der Waals surface area contributed by atoms with Gasteiger partial charge in [-0.25, -0.2) is 0 Å². The molecule has 0 aliphatic carbocycles. The van der Waals surface area contributed by atoms with Crippen molar-refractivity contribution in [1.29, 1.82) is 0 Å². The van der Waals surface area contributed by atoms with Gasteiger partial charge in [-0.1, -0.05) is 15.9 Å². The third-order valence-corrected chi connectivity index (χ3v) is 3.08. The normalized spacial score (nSPS) is 10.1. The second-order valence-electron chi connectivity index (χ2n) is 3.31. The lowest BCUT2D eigenvalue weighted by Gasteiger charge is -2.07. The van der Waals surface area contributed by atoms with Crippen LogP contribution in [0.4, 0.5) is 5.69 Å². The maximum absolute atomic E-state index is 10.7. The SMILES string of the molecule is O=[N+]([O-])c1cc(Br)cc(Oc2ccncc2Br)c1. The fraction of sp³-hybridized carbons (Fsp3) is 0. The van der Waals surface area contributed by atoms with Crippen LogP contribution < -0.4 is 4.74 Å². The molecule has 2 aromatic rings. The molecule has 0 bridgehead atoms. The molecular weight excluding hydrogens is 368 g/mol. The van der Waals surface area contributed by atoms with Crippen molar-refractivity contribution in [3.8, 4) is 11.5 Å². The van der Waals surface area contributed by atoms with E-state index in [-0.39, 0.29) is 5.69 Å². The van der Waals surface area contributed by atoms with Crippen LogP contribution >= 0.6 is 31.9 Å². The molecule has 0 N–H and O–H groups in total. The highest BCUT2D eigenvalue weighted by Crippen LogP contribution is 2.32. The molecule has 0 saturated heterocycles. The summed E-state index contributed by atoms with van der Waals surface area (Å²) < 4.78 is 6.81. The first-order valence-corrected chi connectivity index (χ1v) is 6.37. The molecule has 5 nitrogen and oxygen atoms in total. The van der Waals surface area contributed by atoms with E-state index in [1.807, 2.05) is 0 Å². The lowest BCUT2D eigenvalue weighted by Crippen LogP contribution is -1.91. The van der Waals surface area contributed by atoms with Gasteiger partial charge in [0, 0.05) is 29.0 Å². The lowest BCUT2D eigenvalue weighted by atomic mass is 10.3. The van der Waals surface area contributed by atoms with E-state index in [0.717, 1.165) is 0 Å². The summed E-state index contributed by atoms with van der Waals surface area (Å²) in [5, 5.41) is 10.7. The molecule has 1 heterocycles. The second-order valence-corrected chi connectivity index (χ2v) is 5.08. The molecular formula is C11H6Br2N2O3. The Morgan fingerprint density at radius 2 is 2.06 bits per heavy atom. The summed E-state index contributed by atoms with van der Waals surface area (Å²) in [4.78, 5) is 14.2. The molecule has 0 amide bonds. The van der Waals surface area contributed by atoms with Crippen LogP contribution in [0.25, 0.3) is 0 Å². The third kappa shape index (κ3) is 3.05. The summed E-state index contributed by atoms with van der Waals surface area (Å²) in [6.07, 6.45) is 3.16. The van der Waals surface area contributed by atoms with Gasteiger partial charge in [0.25, 0.3) is 5.69 Å². The van der Waals surface area contributed by atoms with Crippen LogP contribution in [0.3, 0.4) is 0 Å². The Bertz CT molecular complexity index is 605. The van der Waals surface area contributed by atoms with Gasteiger partial charge < -0.3 is 4.74 Å². The van der Waals surface area contributed by atoms with Crippen molar-refractivity contribution in [2.75, 3.05) is 0 Å². The Labute approximate surface area is 119 Å². The summed E-state index contributed by atoms with van der Waals surface area (Å²) in [5.41, 5.74) is -0.0375. The van der Waals surface area contributed by atoms with E-state index in [1.165, 1.54) is 12.1 Å². The van der Waals surface area contributed by atoms with Crippen LogP contribution in [-0.4, -0.2) is 9.91 Å². The van der Waals surface area contributed by atoms with Crippen molar-refractivity contribution >= 4 is 37.5 Å². The molecule has 0 atom stereocenters. The van der Waals surface area contributed by atoms with E-state index in [9.17, 15) is 10.1 Å². The Morgan fingerprint density at radius 3 is 2.72 bits per heavy atom. The van der Waals surface area contributed by atoms with Crippen LogP contribution in [0.2, 0.25) is 0 Å². The Morgan fingerprint density at radius 1 is 1.28 bits per heavy atom. The van der Waals surface area contributed by atoms with Crippen LogP contribution in [-0.2, 0) is 0 Å². The zero-order chi connectivity index (χ0) is 13.1. The number of benzene rings is 1. The number of rotatable bonds is 3. The molecule has 0 radical (unpaired) electrons. The zero-order valence-electron chi connectivity index (χ0n) is 8.84. The maximum Gasteiger partial charge on any atom is 0.274 e. The van der Waals surface area contributed by atoms with Gasteiger partial charge >= 0.3 is 0 Å². The Kier molecular flexibility index (Phi) is 3.93. The maximum atomic E-state index is 10.7. The van der Waals surface area contributed by atoms with Gasteiger partial charge in [-0.05, 0) is 22.0 Å². The summed E-state index contributed by atoms with van der Waals surface area (Å²) in [5.74, 6) is 0.917. The number of non-ortho nitro benzene ring substituents is 1. The predicted octanol–water partition coefficient (Wildman–Crippen LogP) is 4.31. The van der Waals surface area contributed by atoms with Crippen molar-refractivity contribution in [1.82, 2.24) is 4.98 Å². The first-order valence-electron chi connectivity index (χ1n) is 4.78. The third-order valence-electron chi connectivity index (χ3n) is 2.03. The molecule has 0 spiro atoms. The summed E-state index contributed by atoms with van der Waals surface area (Å²) in [7, 11) is 0. The minimum atomic E-state index is -0.473. The monoisotopic (exact) mass is 372 g/mol. The highest BCUT2D eigenvalue weighted by Gasteiger charge is 2.11. The van der Waals surface area contributed by atoms with E-state index < -0.39 is 4.92 Å². The fourth-order valence-corrected chi connectivity index (χ4v) is 2.08. The van der Waals surface area contributed by atoms with Crippen LogP contribution in [0.15, 0.2) is 45.6 Å². The van der Waals surface area contributed by atoms with Crippen molar-refractivity contribution < 1.29 is 9.66 Å². The van der Waals surface area contributed by atoms with E-state index in [1.54, 1.807) is 24.5 Å². The minimum absolute atomic E-state index is 0.0375. The Balaban J connectivity index is 2.35. The smallest absolute Gasteiger partial charge is 0.274 e. The van der Waals surface area contributed by atoms with Crippen molar-refractivity contribution in [3.05, 3.63) is 55.7 Å². The number of hydrogen-bond acceptors (Lipinski definition) is 4. The lowest BCUT2D eigenvalue weighted by molar-refractivity contribution is -0.385. The van der Waals surface area contributed by atoms with Crippen molar-refractivity contribution in [3.63, 3.8) is 0 Å². The molecule has 1 aromatic carbocycles. The van der Waals surface area contributed by atoms with Crippen LogP contribution in [0.5, 0.6) is 11.5 Å². The van der Waals surface area contributed by atoms with Gasteiger partial charge in [-0.15, -0.1) is 0 Å². The van der Waals surface area contributed by atoms with Gasteiger partial charge in [0.15, 0.2) is 0 Å². The van der Waals surface area contributed by atoms with Crippen molar-refractivity contribution in [2.24, 2.45) is 0 Å². The summed E-state index contributed by atoms with van der Waals surface area (Å²) >= 11 is 6.49. The standard InChI is InChI=1S/C11H6Br2N2O3/c12-7-3-8(15(16)17)5-9(4-7)18-11-1-2-14-6-10(11)13/h1-6H. The minimum Gasteiger partial charge on any atom is -0.456 e. The molecule has 0 fully saturated rings. The van der Waals surface area contributed by atoms with E-state index in [2.05, 4.69) is 36.8 Å². The number of aromatic nitrogens is 1. The highest BCUT2D eigenvalue weighted by atomic mass is 79.9. The molecule has 2 rings (SSSR count). The summed E-state index contributed by atoms with van der Waals surface area (Å²) in [6, 6.07) is 6.09. The quantitative estimate of drug-likeness (QED) is 0.594. The molecule has 0 unspecified atom stereocenters. The molecule has 92 valence electrons. The van der Waals surface area contributed by atoms with Gasteiger partial charge in [-0.2, -0.15) is 0 Å². The number of nitro groups is 1. The zero-order valence-corrected chi connectivity index (χ0v) is 12.0. The van der Waals surface area contributed by atoms with Crippen molar-refractivity contribution in [2.45, 2.75) is 0 Å². The number of nitrogens with zero attached hydrogens (tertiary/aromatic N) is 2. The van der Waals surface area contributed by atoms with Gasteiger partial charge in [0.05, 0.1) is 15.5 Å². The summed E-state index contributed by atoms with van der Waals surface area (Å²) in [6.45, 7) is 0. The Hall–Kier alpha value is -1.47. The van der Waals surface area contributed by atoms with E-state index >= 15 is 0 Å². The first kappa shape index (κ1) is 13.0. The number of hydrogen-bond donors (Lipinski definition) is 0. The molecule has 0 saturated carbocycles. The van der Waals surface area contributed by atoms with E-state index in [0.29, 0.717) is 20.4 Å². The first-order chi connectivity index (χ1) is 8.56. The van der Waals surface area contributed by atoms with Gasteiger partial charge in [0.1, 0.15) is 11.5 Å². The second kappa shape index (κ2) is 5.45. The average molecular weight is 374 g/mol. The predicted molar refractivity (Wildman–Crippen MR) is 72.8 cm³/mol. The largest absolute Gasteiger partial charge is 0.456 e. The number of nitro benzene ring substituents is 1. The molecule has 18 heavy (non-hydrogen) atoms. The number of halogens is 2. The van der Waals surface area contributed by atoms with E-state index in [4.69, 9.17) is 4.74 Å². The average Bonchev–Trinajstić information content (AvgIpc) is 2.31. The molecule has 7 heteroatoms. The topological polar surface area (TPSA) is 65.3 Å². The highest BCUT2D eigenvalue weighted by molar-refractivity contribution is 9.10. The van der Waals surface area contributed by atoms with Gasteiger partial charge in [0.2, 0.25) is 0 Å². The molecule has 1 aromatic heterocycles. The molecule has 0 aliphatic heterocycles.